The van der Waals surface area contributed by atoms with Crippen LogP contribution in [0.1, 0.15) is 40.5 Å². The second-order valence-electron chi connectivity index (χ2n) is 3.47. The number of hydrogen-bond acceptors (Lipinski definition) is 1. The van der Waals surface area contributed by atoms with Gasteiger partial charge in [-0.15, -0.1) is 0 Å². The van der Waals surface area contributed by atoms with Crippen molar-refractivity contribution in [2.45, 2.75) is 45.1 Å². The minimum Gasteiger partial charge on any atom is -0.356 e. The Bertz CT molecular complexity index is 124. The van der Waals surface area contributed by atoms with Gasteiger partial charge in [0.15, 0.2) is 0 Å². The molecule has 1 amide bonds. The van der Waals surface area contributed by atoms with E-state index in [4.69, 9.17) is 0 Å². The summed E-state index contributed by atoms with van der Waals surface area (Å²) in [7, 11) is 0. The van der Waals surface area contributed by atoms with Crippen molar-refractivity contribution in [1.82, 2.24) is 5.32 Å². The SMILES string of the molecule is C[C@H](NC=O)C1CCCCC1.[HH]. The van der Waals surface area contributed by atoms with Crippen LogP contribution in [0.3, 0.4) is 0 Å². The van der Waals surface area contributed by atoms with Gasteiger partial charge in [-0.25, -0.2) is 0 Å². The predicted octanol–water partition coefficient (Wildman–Crippen LogP) is 1.95. The first-order valence-corrected chi connectivity index (χ1v) is 4.54. The minimum atomic E-state index is 0. The summed E-state index contributed by atoms with van der Waals surface area (Å²) < 4.78 is 0. The topological polar surface area (TPSA) is 29.1 Å². The van der Waals surface area contributed by atoms with Gasteiger partial charge in [0, 0.05) is 7.47 Å². The van der Waals surface area contributed by atoms with E-state index in [0.717, 1.165) is 12.3 Å². The lowest BCUT2D eigenvalue weighted by Crippen LogP contribution is -2.33. The second-order valence-corrected chi connectivity index (χ2v) is 3.47. The van der Waals surface area contributed by atoms with Gasteiger partial charge < -0.3 is 5.32 Å². The summed E-state index contributed by atoms with van der Waals surface area (Å²) in [6, 6.07) is 0.382. The van der Waals surface area contributed by atoms with Crippen LogP contribution in [-0.2, 0) is 4.79 Å². The van der Waals surface area contributed by atoms with E-state index in [1.54, 1.807) is 0 Å². The molecule has 0 spiro atoms. The Morgan fingerprint density at radius 3 is 2.64 bits per heavy atom. The van der Waals surface area contributed by atoms with E-state index in [1.807, 2.05) is 0 Å². The molecule has 1 aliphatic rings. The summed E-state index contributed by atoms with van der Waals surface area (Å²) in [4.78, 5) is 10.1. The molecule has 1 rings (SSSR count). The lowest BCUT2D eigenvalue weighted by atomic mass is 9.85. The third kappa shape index (κ3) is 2.52. The van der Waals surface area contributed by atoms with Crippen molar-refractivity contribution < 1.29 is 6.22 Å². The molecule has 11 heavy (non-hydrogen) atoms. The summed E-state index contributed by atoms with van der Waals surface area (Å²) in [5.74, 6) is 0.731. The minimum absolute atomic E-state index is 0. The highest BCUT2D eigenvalue weighted by molar-refractivity contribution is 5.46. The van der Waals surface area contributed by atoms with E-state index in [-0.39, 0.29) is 1.43 Å². The monoisotopic (exact) mass is 157 g/mol. The van der Waals surface area contributed by atoms with Gasteiger partial charge in [-0.1, -0.05) is 19.3 Å². The maximum absolute atomic E-state index is 10.1. The maximum Gasteiger partial charge on any atom is 0.207 e. The average Bonchev–Trinajstić information content (AvgIpc) is 2.07. The number of hydrogen-bond donors (Lipinski definition) is 1. The normalized spacial score (nSPS) is 22.6. The molecule has 1 fully saturated rings. The summed E-state index contributed by atoms with van der Waals surface area (Å²) in [6.45, 7) is 2.10. The van der Waals surface area contributed by atoms with E-state index in [2.05, 4.69) is 12.2 Å². The Hall–Kier alpha value is -0.530. The van der Waals surface area contributed by atoms with Crippen molar-refractivity contribution >= 4 is 6.41 Å². The third-order valence-electron chi connectivity index (χ3n) is 2.69. The van der Waals surface area contributed by atoms with E-state index in [0.29, 0.717) is 6.04 Å². The molecule has 1 N–H and O–H groups in total. The van der Waals surface area contributed by atoms with Crippen LogP contribution in [0, 0.1) is 5.92 Å². The number of carbonyl (C=O) groups excluding carboxylic acids is 1. The molecule has 0 aromatic rings. The fourth-order valence-corrected chi connectivity index (χ4v) is 1.88. The van der Waals surface area contributed by atoms with Gasteiger partial charge in [-0.05, 0) is 25.7 Å². The van der Waals surface area contributed by atoms with Crippen LogP contribution in [0.15, 0.2) is 0 Å². The van der Waals surface area contributed by atoms with Crippen LogP contribution in [0.25, 0.3) is 0 Å². The molecule has 0 heterocycles. The quantitative estimate of drug-likeness (QED) is 0.623. The zero-order valence-electron chi connectivity index (χ0n) is 7.18. The molecule has 0 aromatic carbocycles. The van der Waals surface area contributed by atoms with Crippen molar-refractivity contribution in [3.8, 4) is 0 Å². The van der Waals surface area contributed by atoms with Crippen molar-refractivity contribution in [3.63, 3.8) is 0 Å². The lowest BCUT2D eigenvalue weighted by Gasteiger charge is -2.26. The molecular formula is C9H19NO. The summed E-state index contributed by atoms with van der Waals surface area (Å²) in [6.07, 6.45) is 7.47. The van der Waals surface area contributed by atoms with Gasteiger partial charge >= 0.3 is 0 Å². The average molecular weight is 157 g/mol. The summed E-state index contributed by atoms with van der Waals surface area (Å²) in [5, 5.41) is 2.83. The molecule has 66 valence electrons. The Morgan fingerprint density at radius 1 is 1.45 bits per heavy atom. The molecule has 1 aliphatic carbocycles. The fraction of sp³-hybridized carbons (Fsp3) is 0.889. The number of amides is 1. The molecule has 2 nitrogen and oxygen atoms in total. The first-order valence-electron chi connectivity index (χ1n) is 4.54. The van der Waals surface area contributed by atoms with E-state index < -0.39 is 0 Å². The van der Waals surface area contributed by atoms with Crippen molar-refractivity contribution in [1.29, 1.82) is 0 Å². The van der Waals surface area contributed by atoms with Gasteiger partial charge in [0.1, 0.15) is 0 Å². The second kappa shape index (κ2) is 4.37. The predicted molar refractivity (Wildman–Crippen MR) is 47.4 cm³/mol. The van der Waals surface area contributed by atoms with Crippen molar-refractivity contribution in [2.75, 3.05) is 0 Å². The Morgan fingerprint density at radius 2 is 2.09 bits per heavy atom. The molecule has 1 atom stereocenters. The van der Waals surface area contributed by atoms with Crippen LogP contribution >= 0.6 is 0 Å². The summed E-state index contributed by atoms with van der Waals surface area (Å²) >= 11 is 0. The molecule has 0 aromatic heterocycles. The van der Waals surface area contributed by atoms with Crippen LogP contribution in [-0.4, -0.2) is 12.5 Å². The highest BCUT2D eigenvalue weighted by Gasteiger charge is 2.18. The molecular weight excluding hydrogens is 138 g/mol. The molecule has 0 saturated heterocycles. The first kappa shape index (κ1) is 8.57. The summed E-state index contributed by atoms with van der Waals surface area (Å²) in [5.41, 5.74) is 0. The highest BCUT2D eigenvalue weighted by Crippen LogP contribution is 2.25. The van der Waals surface area contributed by atoms with Crippen molar-refractivity contribution in [3.05, 3.63) is 0 Å². The molecule has 2 heteroatoms. The van der Waals surface area contributed by atoms with Gasteiger partial charge in [-0.3, -0.25) is 4.79 Å². The van der Waals surface area contributed by atoms with Gasteiger partial charge in [0.05, 0.1) is 0 Å². The standard InChI is InChI=1S/C9H17NO.H2/c1-8(10-7-11)9-5-3-2-4-6-9;/h7-9H,2-6H2,1H3,(H,10,11);1H/t8-;/m0./s1. The number of carbonyl (C=O) groups is 1. The number of rotatable bonds is 3. The zero-order chi connectivity index (χ0) is 8.10. The fourth-order valence-electron chi connectivity index (χ4n) is 1.88. The smallest absolute Gasteiger partial charge is 0.207 e. The molecule has 0 bridgehead atoms. The van der Waals surface area contributed by atoms with E-state index >= 15 is 0 Å². The Kier molecular flexibility index (Phi) is 3.40. The van der Waals surface area contributed by atoms with Crippen molar-refractivity contribution in [2.24, 2.45) is 5.92 Å². The van der Waals surface area contributed by atoms with Crippen LogP contribution in [0.4, 0.5) is 0 Å². The third-order valence-corrected chi connectivity index (χ3v) is 2.69. The zero-order valence-corrected chi connectivity index (χ0v) is 7.18. The lowest BCUT2D eigenvalue weighted by molar-refractivity contribution is -0.110. The van der Waals surface area contributed by atoms with Gasteiger partial charge in [0.25, 0.3) is 0 Å². The molecule has 1 saturated carbocycles. The number of nitrogens with one attached hydrogen (secondary N) is 1. The Balaban J connectivity index is 0.00000121. The van der Waals surface area contributed by atoms with E-state index in [9.17, 15) is 4.79 Å². The molecule has 0 radical (unpaired) electrons. The largest absolute Gasteiger partial charge is 0.356 e. The van der Waals surface area contributed by atoms with Crippen LogP contribution in [0.2, 0.25) is 0 Å². The first-order chi connectivity index (χ1) is 5.34. The van der Waals surface area contributed by atoms with Gasteiger partial charge in [0.2, 0.25) is 6.41 Å². The maximum atomic E-state index is 10.1. The molecule has 0 aliphatic heterocycles. The molecule has 0 unspecified atom stereocenters. The van der Waals surface area contributed by atoms with Gasteiger partial charge in [-0.2, -0.15) is 0 Å². The Labute approximate surface area is 69.8 Å². The van der Waals surface area contributed by atoms with Crippen LogP contribution < -0.4 is 5.32 Å². The van der Waals surface area contributed by atoms with Crippen LogP contribution in [0.5, 0.6) is 0 Å². The van der Waals surface area contributed by atoms with E-state index in [1.165, 1.54) is 32.1 Å². The highest BCUT2D eigenvalue weighted by atomic mass is 16.1.